The molecule has 0 aliphatic heterocycles. The van der Waals surface area contributed by atoms with Crippen LogP contribution in [-0.4, -0.2) is 4.57 Å². The van der Waals surface area contributed by atoms with Crippen molar-refractivity contribution in [2.45, 2.75) is 0 Å². The molecule has 0 aliphatic carbocycles. The molecule has 0 saturated heterocycles. The smallest absolute Gasteiger partial charge is 0.0698 e. The maximum Gasteiger partial charge on any atom is 0.0698 e. The zero-order valence-corrected chi connectivity index (χ0v) is 18.4. The molecule has 1 heterocycles. The van der Waals surface area contributed by atoms with Crippen LogP contribution >= 0.6 is 0 Å². The molecule has 158 valence electrons. The standard InChI is InChI=1S/C32H20N2/c33-32-22(19-7-2-1-3-8-19)11-6-14-27(32)34-25-17-15-20-9-4-12-23-24-13-5-10-21-16-18-26(34)31(29(21)24)30(25)28(20)23/h1-18H,33H2. The fourth-order valence-corrected chi connectivity index (χ4v) is 6.07. The SMILES string of the molecule is Nc1c(-c2ccccc2)cccc1-n1c2ccc3cccc4c5cccc6ccc1c(c65)c2c34. The number of aromatic nitrogens is 1. The third kappa shape index (κ3) is 2.11. The van der Waals surface area contributed by atoms with Gasteiger partial charge in [-0.2, -0.15) is 0 Å². The number of nitrogens with zero attached hydrogens (tertiary/aromatic N) is 1. The highest BCUT2D eigenvalue weighted by molar-refractivity contribution is 6.40. The summed E-state index contributed by atoms with van der Waals surface area (Å²) in [5.41, 5.74) is 13.3. The molecule has 0 unspecified atom stereocenters. The van der Waals surface area contributed by atoms with Crippen molar-refractivity contribution in [2.24, 2.45) is 0 Å². The maximum absolute atomic E-state index is 6.90. The lowest BCUT2D eigenvalue weighted by atomic mass is 9.90. The van der Waals surface area contributed by atoms with Crippen LogP contribution in [0.3, 0.4) is 0 Å². The molecule has 8 aromatic rings. The Hall–Kier alpha value is -4.56. The molecule has 1 aromatic heterocycles. The first kappa shape index (κ1) is 17.9. The number of nitrogen functional groups attached to an aromatic ring is 1. The third-order valence-electron chi connectivity index (χ3n) is 7.48. The van der Waals surface area contributed by atoms with Gasteiger partial charge < -0.3 is 10.3 Å². The first-order chi connectivity index (χ1) is 16.8. The zero-order valence-electron chi connectivity index (χ0n) is 18.4. The van der Waals surface area contributed by atoms with E-state index in [4.69, 9.17) is 5.73 Å². The van der Waals surface area contributed by atoms with E-state index in [0.29, 0.717) is 0 Å². The van der Waals surface area contributed by atoms with Gasteiger partial charge in [-0.25, -0.2) is 0 Å². The highest BCUT2D eigenvalue weighted by Crippen LogP contribution is 2.47. The van der Waals surface area contributed by atoms with Gasteiger partial charge in [0.05, 0.1) is 22.4 Å². The second-order valence-electron chi connectivity index (χ2n) is 9.17. The van der Waals surface area contributed by atoms with Crippen LogP contribution in [0.2, 0.25) is 0 Å². The lowest BCUT2D eigenvalue weighted by molar-refractivity contribution is 1.19. The minimum atomic E-state index is 0.800. The molecule has 0 amide bonds. The van der Waals surface area contributed by atoms with Crippen molar-refractivity contribution in [3.63, 3.8) is 0 Å². The van der Waals surface area contributed by atoms with E-state index in [1.165, 1.54) is 54.1 Å². The van der Waals surface area contributed by atoms with Crippen molar-refractivity contribution in [3.05, 3.63) is 109 Å². The minimum Gasteiger partial charge on any atom is -0.397 e. The number of rotatable bonds is 2. The van der Waals surface area contributed by atoms with E-state index in [0.717, 1.165) is 22.5 Å². The van der Waals surface area contributed by atoms with Crippen molar-refractivity contribution < 1.29 is 0 Å². The predicted molar refractivity (Wildman–Crippen MR) is 146 cm³/mol. The molecule has 0 radical (unpaired) electrons. The average molecular weight is 433 g/mol. The topological polar surface area (TPSA) is 30.9 Å². The second kappa shape index (κ2) is 6.27. The molecule has 2 N–H and O–H groups in total. The minimum absolute atomic E-state index is 0.800. The molecule has 8 rings (SSSR count). The number of anilines is 1. The summed E-state index contributed by atoms with van der Waals surface area (Å²) in [6.07, 6.45) is 0. The number of benzene rings is 7. The number of hydrogen-bond acceptors (Lipinski definition) is 1. The lowest BCUT2D eigenvalue weighted by Gasteiger charge is -2.15. The van der Waals surface area contributed by atoms with Gasteiger partial charge in [-0.1, -0.05) is 91.0 Å². The molecule has 0 spiro atoms. The summed E-state index contributed by atoms with van der Waals surface area (Å²) in [7, 11) is 0. The van der Waals surface area contributed by atoms with Gasteiger partial charge in [0.1, 0.15) is 0 Å². The number of fused-ring (bicyclic) bond motifs is 1. The van der Waals surface area contributed by atoms with E-state index in [-0.39, 0.29) is 0 Å². The molecule has 0 aliphatic rings. The Labute approximate surface area is 196 Å². The van der Waals surface area contributed by atoms with Crippen LogP contribution < -0.4 is 5.73 Å². The highest BCUT2D eigenvalue weighted by Gasteiger charge is 2.23. The van der Waals surface area contributed by atoms with Crippen molar-refractivity contribution in [3.8, 4) is 16.8 Å². The monoisotopic (exact) mass is 432 g/mol. The number of para-hydroxylation sites is 1. The summed E-state index contributed by atoms with van der Waals surface area (Å²) in [5, 5.41) is 10.5. The van der Waals surface area contributed by atoms with Gasteiger partial charge in [-0.3, -0.25) is 0 Å². The quantitative estimate of drug-likeness (QED) is 0.166. The van der Waals surface area contributed by atoms with Gasteiger partial charge in [0, 0.05) is 16.3 Å². The van der Waals surface area contributed by atoms with Crippen molar-refractivity contribution in [2.75, 3.05) is 5.73 Å². The van der Waals surface area contributed by atoms with E-state index in [1.54, 1.807) is 0 Å². The van der Waals surface area contributed by atoms with Gasteiger partial charge >= 0.3 is 0 Å². The Kier molecular flexibility index (Phi) is 3.31. The van der Waals surface area contributed by atoms with Gasteiger partial charge in [0.15, 0.2) is 0 Å². The van der Waals surface area contributed by atoms with Crippen LogP contribution in [0, 0.1) is 0 Å². The molecule has 7 aromatic carbocycles. The van der Waals surface area contributed by atoms with Crippen molar-refractivity contribution in [1.82, 2.24) is 4.57 Å². The fourth-order valence-electron chi connectivity index (χ4n) is 6.07. The Balaban J connectivity index is 1.60. The van der Waals surface area contributed by atoms with Gasteiger partial charge in [0.25, 0.3) is 0 Å². The molecule has 2 heteroatoms. The van der Waals surface area contributed by atoms with Crippen LogP contribution in [-0.2, 0) is 0 Å². The van der Waals surface area contributed by atoms with E-state index in [1.807, 2.05) is 6.07 Å². The van der Waals surface area contributed by atoms with E-state index >= 15 is 0 Å². The van der Waals surface area contributed by atoms with Crippen molar-refractivity contribution in [1.29, 1.82) is 0 Å². The van der Waals surface area contributed by atoms with E-state index in [2.05, 4.69) is 108 Å². The molecular formula is C32H20N2. The molecular weight excluding hydrogens is 412 g/mol. The summed E-state index contributed by atoms with van der Waals surface area (Å²) in [6, 6.07) is 39.1. The first-order valence-electron chi connectivity index (χ1n) is 11.7. The van der Waals surface area contributed by atoms with E-state index in [9.17, 15) is 0 Å². The Morgan fingerprint density at radius 1 is 0.471 bits per heavy atom. The predicted octanol–water partition coefficient (Wildman–Crippen LogP) is 8.37. The molecule has 0 fully saturated rings. The highest BCUT2D eigenvalue weighted by atomic mass is 15.0. The summed E-state index contributed by atoms with van der Waals surface area (Å²) >= 11 is 0. The number of hydrogen-bond donors (Lipinski definition) is 1. The normalized spacial score (nSPS) is 12.2. The fraction of sp³-hybridized carbons (Fsp3) is 0. The summed E-state index contributed by atoms with van der Waals surface area (Å²) in [5.74, 6) is 0. The Morgan fingerprint density at radius 2 is 1.06 bits per heavy atom. The van der Waals surface area contributed by atoms with Crippen LogP contribution in [0.25, 0.3) is 70.9 Å². The molecule has 0 saturated carbocycles. The largest absolute Gasteiger partial charge is 0.397 e. The Bertz CT molecular complexity index is 1910. The Morgan fingerprint density at radius 3 is 1.68 bits per heavy atom. The molecule has 2 nitrogen and oxygen atoms in total. The average Bonchev–Trinajstić information content (AvgIpc) is 3.24. The van der Waals surface area contributed by atoms with Crippen LogP contribution in [0.5, 0.6) is 0 Å². The molecule has 0 atom stereocenters. The lowest BCUT2D eigenvalue weighted by Crippen LogP contribution is -2.01. The van der Waals surface area contributed by atoms with Crippen LogP contribution in [0.4, 0.5) is 5.69 Å². The van der Waals surface area contributed by atoms with Gasteiger partial charge in [0.2, 0.25) is 0 Å². The maximum atomic E-state index is 6.90. The van der Waals surface area contributed by atoms with Gasteiger partial charge in [-0.05, 0) is 56.1 Å². The second-order valence-corrected chi connectivity index (χ2v) is 9.17. The van der Waals surface area contributed by atoms with Crippen molar-refractivity contribution >= 4 is 59.8 Å². The summed E-state index contributed by atoms with van der Waals surface area (Å²) in [6.45, 7) is 0. The van der Waals surface area contributed by atoms with Crippen LogP contribution in [0.1, 0.15) is 0 Å². The zero-order chi connectivity index (χ0) is 22.4. The summed E-state index contributed by atoms with van der Waals surface area (Å²) < 4.78 is 2.37. The molecule has 34 heavy (non-hydrogen) atoms. The molecule has 0 bridgehead atoms. The third-order valence-corrected chi connectivity index (χ3v) is 7.48. The van der Waals surface area contributed by atoms with E-state index < -0.39 is 0 Å². The van der Waals surface area contributed by atoms with Gasteiger partial charge in [-0.15, -0.1) is 0 Å². The van der Waals surface area contributed by atoms with Crippen LogP contribution in [0.15, 0.2) is 109 Å². The number of nitrogens with two attached hydrogens (primary N) is 1. The first-order valence-corrected chi connectivity index (χ1v) is 11.7. The summed E-state index contributed by atoms with van der Waals surface area (Å²) in [4.78, 5) is 0.